The Kier molecular flexibility index (Phi) is 3.10. The van der Waals surface area contributed by atoms with Gasteiger partial charge in [-0.25, -0.2) is 13.2 Å². The van der Waals surface area contributed by atoms with Crippen LogP contribution in [0, 0.1) is 0 Å². The molecule has 8 heteroatoms. The summed E-state index contributed by atoms with van der Waals surface area (Å²) in [5.41, 5.74) is -0.0471. The number of rotatable bonds is 1. The van der Waals surface area contributed by atoms with Gasteiger partial charge in [-0.15, -0.1) is 0 Å². The first-order chi connectivity index (χ1) is 11.8. The smallest absolute Gasteiger partial charge is 0.335 e. The Morgan fingerprint density at radius 1 is 1.00 bits per heavy atom. The fraction of sp³-hybridized carbons (Fsp3) is 0.118. The first-order valence-electron chi connectivity index (χ1n) is 7.41. The summed E-state index contributed by atoms with van der Waals surface area (Å²) in [4.78, 5) is 36.0. The third-order valence-electron chi connectivity index (χ3n) is 4.36. The Bertz CT molecular complexity index is 1140. The van der Waals surface area contributed by atoms with Gasteiger partial charge in [0.15, 0.2) is 9.84 Å². The summed E-state index contributed by atoms with van der Waals surface area (Å²) in [7, 11) is -3.83. The van der Waals surface area contributed by atoms with E-state index in [0.717, 1.165) is 0 Å². The second-order valence-electron chi connectivity index (χ2n) is 5.87. The molecule has 1 aliphatic heterocycles. The fourth-order valence-corrected chi connectivity index (χ4v) is 4.59. The minimum Gasteiger partial charge on any atom is -0.478 e. The van der Waals surface area contributed by atoms with E-state index in [-0.39, 0.29) is 34.7 Å². The van der Waals surface area contributed by atoms with Crippen LogP contribution >= 0.6 is 0 Å². The van der Waals surface area contributed by atoms with Crippen LogP contribution < -0.4 is 5.32 Å². The molecule has 2 aromatic carbocycles. The van der Waals surface area contributed by atoms with Crippen LogP contribution in [0.3, 0.4) is 0 Å². The Balaban J connectivity index is 2.00. The summed E-state index contributed by atoms with van der Waals surface area (Å²) in [6, 6.07) is 7.20. The standard InChI is InChI=1S/C17H11NO6S/c19-14-11-6-8-1-2-9(17(21)22)5-10(8)7-12(11)15(20)16-13(14)18-3-4-25(16,23)24/h1-2,5-7,18H,3-4H2,(H,21,22). The molecular formula is C17H11NO6S. The van der Waals surface area contributed by atoms with Crippen LogP contribution in [0.25, 0.3) is 10.8 Å². The van der Waals surface area contributed by atoms with Crippen LogP contribution in [0.1, 0.15) is 31.1 Å². The lowest BCUT2D eigenvalue weighted by atomic mass is 9.89. The molecule has 2 aliphatic rings. The van der Waals surface area contributed by atoms with Gasteiger partial charge < -0.3 is 10.4 Å². The highest BCUT2D eigenvalue weighted by Gasteiger charge is 2.41. The van der Waals surface area contributed by atoms with E-state index in [0.29, 0.717) is 10.8 Å². The molecule has 25 heavy (non-hydrogen) atoms. The SMILES string of the molecule is O=C(O)c1ccc2cc3c(cc2c1)C(=O)C1=C(NCCS1(=O)=O)C3=O. The van der Waals surface area contributed by atoms with Crippen molar-refractivity contribution in [1.29, 1.82) is 0 Å². The van der Waals surface area contributed by atoms with E-state index in [1.165, 1.54) is 24.3 Å². The number of sulfone groups is 1. The molecule has 0 saturated heterocycles. The monoisotopic (exact) mass is 357 g/mol. The van der Waals surface area contributed by atoms with Gasteiger partial charge in [0, 0.05) is 17.7 Å². The minimum atomic E-state index is -3.83. The number of nitrogens with one attached hydrogen (secondary N) is 1. The third-order valence-corrected chi connectivity index (χ3v) is 6.11. The summed E-state index contributed by atoms with van der Waals surface area (Å²) in [6.45, 7) is 0.0745. The second kappa shape index (κ2) is 5.00. The topological polar surface area (TPSA) is 118 Å². The van der Waals surface area contributed by atoms with Gasteiger partial charge in [-0.05, 0) is 35.0 Å². The largest absolute Gasteiger partial charge is 0.478 e. The molecule has 0 saturated carbocycles. The zero-order valence-electron chi connectivity index (χ0n) is 12.7. The molecule has 0 atom stereocenters. The minimum absolute atomic E-state index is 0.0222. The second-order valence-corrected chi connectivity index (χ2v) is 7.92. The van der Waals surface area contributed by atoms with E-state index in [1.54, 1.807) is 6.07 Å². The lowest BCUT2D eigenvalue weighted by molar-refractivity contribution is 0.0696. The van der Waals surface area contributed by atoms with E-state index in [2.05, 4.69) is 5.32 Å². The number of hydrogen-bond acceptors (Lipinski definition) is 6. The number of benzene rings is 2. The molecule has 0 aromatic heterocycles. The van der Waals surface area contributed by atoms with Gasteiger partial charge in [0.05, 0.1) is 11.3 Å². The molecule has 0 radical (unpaired) electrons. The molecule has 0 unspecified atom stereocenters. The molecule has 0 spiro atoms. The normalized spacial score (nSPS) is 18.6. The number of carboxylic acids is 1. The molecule has 2 aromatic rings. The van der Waals surface area contributed by atoms with Crippen LogP contribution in [0.4, 0.5) is 0 Å². The predicted molar refractivity (Wildman–Crippen MR) is 88.4 cm³/mol. The first-order valence-corrected chi connectivity index (χ1v) is 9.06. The van der Waals surface area contributed by atoms with Gasteiger partial charge in [0.25, 0.3) is 0 Å². The number of carbonyl (C=O) groups excluding carboxylic acids is 2. The molecule has 4 rings (SSSR count). The van der Waals surface area contributed by atoms with Crippen LogP contribution in [-0.4, -0.2) is 43.4 Å². The van der Waals surface area contributed by atoms with Crippen molar-refractivity contribution >= 4 is 38.1 Å². The number of fused-ring (bicyclic) bond motifs is 2. The van der Waals surface area contributed by atoms with Crippen molar-refractivity contribution in [2.75, 3.05) is 12.3 Å². The van der Waals surface area contributed by atoms with Crippen molar-refractivity contribution in [2.45, 2.75) is 0 Å². The van der Waals surface area contributed by atoms with Gasteiger partial charge in [-0.2, -0.15) is 0 Å². The molecule has 1 heterocycles. The molecular weight excluding hydrogens is 346 g/mol. The van der Waals surface area contributed by atoms with Gasteiger partial charge >= 0.3 is 5.97 Å². The summed E-state index contributed by atoms with van der Waals surface area (Å²) < 4.78 is 24.5. The van der Waals surface area contributed by atoms with Crippen molar-refractivity contribution < 1.29 is 27.9 Å². The highest BCUT2D eigenvalue weighted by atomic mass is 32.2. The van der Waals surface area contributed by atoms with Crippen molar-refractivity contribution in [2.24, 2.45) is 0 Å². The lowest BCUT2D eigenvalue weighted by Crippen LogP contribution is -2.40. The number of ketones is 2. The number of aromatic carboxylic acids is 1. The number of carbonyl (C=O) groups is 3. The average Bonchev–Trinajstić information content (AvgIpc) is 2.56. The maximum Gasteiger partial charge on any atom is 0.335 e. The average molecular weight is 357 g/mol. The molecule has 0 bridgehead atoms. The lowest BCUT2D eigenvalue weighted by Gasteiger charge is -2.25. The van der Waals surface area contributed by atoms with E-state index in [9.17, 15) is 22.8 Å². The first kappa shape index (κ1) is 15.5. The van der Waals surface area contributed by atoms with Crippen molar-refractivity contribution in [3.05, 3.63) is 57.6 Å². The number of hydrogen-bond donors (Lipinski definition) is 2. The molecule has 126 valence electrons. The van der Waals surface area contributed by atoms with Crippen molar-refractivity contribution in [3.63, 3.8) is 0 Å². The zero-order valence-corrected chi connectivity index (χ0v) is 13.5. The summed E-state index contributed by atoms with van der Waals surface area (Å²) in [5, 5.41) is 12.8. The number of allylic oxidation sites excluding steroid dienone is 2. The molecule has 0 fully saturated rings. The highest BCUT2D eigenvalue weighted by molar-refractivity contribution is 7.96. The van der Waals surface area contributed by atoms with Crippen molar-refractivity contribution in [3.8, 4) is 0 Å². The van der Waals surface area contributed by atoms with Crippen LogP contribution in [-0.2, 0) is 9.84 Å². The van der Waals surface area contributed by atoms with Gasteiger partial charge in [-0.1, -0.05) is 6.07 Å². The van der Waals surface area contributed by atoms with E-state index >= 15 is 0 Å². The molecule has 7 nitrogen and oxygen atoms in total. The maximum absolute atomic E-state index is 12.7. The van der Waals surface area contributed by atoms with Gasteiger partial charge in [0.1, 0.15) is 10.6 Å². The molecule has 1 aliphatic carbocycles. The molecule has 0 amide bonds. The Morgan fingerprint density at radius 2 is 1.68 bits per heavy atom. The third kappa shape index (κ3) is 2.18. The van der Waals surface area contributed by atoms with E-state index in [1.807, 2.05) is 0 Å². The predicted octanol–water partition coefficient (Wildman–Crippen LogP) is 1.15. The molecule has 2 N–H and O–H groups in total. The maximum atomic E-state index is 12.7. The summed E-state index contributed by atoms with van der Waals surface area (Å²) in [5.74, 6) is -2.65. The quantitative estimate of drug-likeness (QED) is 0.786. The van der Waals surface area contributed by atoms with Crippen LogP contribution in [0.2, 0.25) is 0 Å². The van der Waals surface area contributed by atoms with Gasteiger partial charge in [0.2, 0.25) is 11.6 Å². The van der Waals surface area contributed by atoms with Crippen LogP contribution in [0.5, 0.6) is 0 Å². The fourth-order valence-electron chi connectivity index (χ4n) is 3.15. The Hall–Kier alpha value is -3.00. The van der Waals surface area contributed by atoms with Crippen molar-refractivity contribution in [1.82, 2.24) is 5.32 Å². The van der Waals surface area contributed by atoms with E-state index < -0.39 is 32.3 Å². The summed E-state index contributed by atoms with van der Waals surface area (Å²) >= 11 is 0. The highest BCUT2D eigenvalue weighted by Crippen LogP contribution is 2.33. The zero-order chi connectivity index (χ0) is 17.9. The number of carboxylic acid groups (broad SMARTS) is 1. The van der Waals surface area contributed by atoms with Gasteiger partial charge in [-0.3, -0.25) is 9.59 Å². The Morgan fingerprint density at radius 3 is 2.40 bits per heavy atom. The van der Waals surface area contributed by atoms with Crippen LogP contribution in [0.15, 0.2) is 40.9 Å². The Labute approximate surface area is 141 Å². The van der Waals surface area contributed by atoms with E-state index in [4.69, 9.17) is 5.11 Å². The number of Topliss-reactive ketones (excluding diaryl/α,β-unsaturated/α-hetero) is 2. The summed E-state index contributed by atoms with van der Waals surface area (Å²) in [6.07, 6.45) is 0.